The molecule has 1 saturated carbocycles. The van der Waals surface area contributed by atoms with Crippen molar-refractivity contribution in [3.63, 3.8) is 0 Å². The van der Waals surface area contributed by atoms with Gasteiger partial charge in [0.1, 0.15) is 0 Å². The first-order chi connectivity index (χ1) is 11.0. The van der Waals surface area contributed by atoms with Crippen LogP contribution in [0.2, 0.25) is 0 Å². The van der Waals surface area contributed by atoms with Crippen LogP contribution in [0, 0.1) is 5.92 Å². The normalized spacial score (nSPS) is 23.3. The summed E-state index contributed by atoms with van der Waals surface area (Å²) in [5, 5.41) is 6.37. The minimum absolute atomic E-state index is 0.00895. The van der Waals surface area contributed by atoms with Gasteiger partial charge >= 0.3 is 6.18 Å². The molecule has 2 aliphatic rings. The van der Waals surface area contributed by atoms with Gasteiger partial charge in [0.05, 0.1) is 6.54 Å². The Morgan fingerprint density at radius 2 is 2.09 bits per heavy atom. The summed E-state index contributed by atoms with van der Waals surface area (Å²) in [6, 6.07) is 0.00895. The third kappa shape index (κ3) is 7.87. The van der Waals surface area contributed by atoms with E-state index in [1.165, 1.54) is 17.7 Å². The van der Waals surface area contributed by atoms with E-state index in [0.29, 0.717) is 25.5 Å². The van der Waals surface area contributed by atoms with Crippen LogP contribution < -0.4 is 10.6 Å². The van der Waals surface area contributed by atoms with Crippen molar-refractivity contribution in [1.82, 2.24) is 15.5 Å². The van der Waals surface area contributed by atoms with Gasteiger partial charge in [-0.2, -0.15) is 13.2 Å². The summed E-state index contributed by atoms with van der Waals surface area (Å²) in [7, 11) is 1.67. The first-order valence-electron chi connectivity index (χ1n) is 8.30. The Morgan fingerprint density at radius 3 is 2.74 bits per heavy atom. The van der Waals surface area contributed by atoms with Crippen molar-refractivity contribution >= 4 is 5.96 Å². The van der Waals surface area contributed by atoms with Crippen LogP contribution in [0.25, 0.3) is 0 Å². The number of ether oxygens (including phenoxy) is 1. The van der Waals surface area contributed by atoms with E-state index in [9.17, 15) is 13.2 Å². The zero-order valence-electron chi connectivity index (χ0n) is 13.7. The van der Waals surface area contributed by atoms with Crippen LogP contribution in [0.1, 0.15) is 25.7 Å². The lowest BCUT2D eigenvalue weighted by molar-refractivity contribution is -0.143. The lowest BCUT2D eigenvalue weighted by atomic mass is 10.3. The number of hydrogen-bond acceptors (Lipinski definition) is 3. The molecule has 1 saturated heterocycles. The van der Waals surface area contributed by atoms with Crippen molar-refractivity contribution < 1.29 is 17.9 Å². The summed E-state index contributed by atoms with van der Waals surface area (Å²) >= 11 is 0. The highest BCUT2D eigenvalue weighted by Gasteiger charge is 2.34. The number of nitrogens with one attached hydrogen (secondary N) is 2. The summed E-state index contributed by atoms with van der Waals surface area (Å²) in [5.74, 6) is 1.42. The van der Waals surface area contributed by atoms with E-state index in [4.69, 9.17) is 4.74 Å². The average Bonchev–Trinajstić information content (AvgIpc) is 3.20. The third-order valence-electron chi connectivity index (χ3n) is 4.05. The molecule has 2 fully saturated rings. The third-order valence-corrected chi connectivity index (χ3v) is 4.05. The number of guanidine groups is 1. The second-order valence-corrected chi connectivity index (χ2v) is 6.35. The number of hydrogen-bond donors (Lipinski definition) is 2. The van der Waals surface area contributed by atoms with E-state index >= 15 is 0 Å². The van der Waals surface area contributed by atoms with E-state index in [1.807, 2.05) is 0 Å². The van der Waals surface area contributed by atoms with Crippen LogP contribution in [-0.4, -0.2) is 69.5 Å². The molecule has 0 aromatic rings. The van der Waals surface area contributed by atoms with E-state index in [0.717, 1.165) is 32.1 Å². The van der Waals surface area contributed by atoms with E-state index in [1.54, 1.807) is 7.05 Å². The molecule has 2 N–H and O–H groups in total. The number of halogens is 3. The minimum atomic E-state index is -4.13. The molecule has 23 heavy (non-hydrogen) atoms. The summed E-state index contributed by atoms with van der Waals surface area (Å²) in [6.45, 7) is 2.35. The van der Waals surface area contributed by atoms with Crippen molar-refractivity contribution in [3.8, 4) is 0 Å². The molecule has 0 aromatic carbocycles. The largest absolute Gasteiger partial charge is 0.401 e. The predicted molar refractivity (Wildman–Crippen MR) is 83.6 cm³/mol. The second-order valence-electron chi connectivity index (χ2n) is 6.35. The topological polar surface area (TPSA) is 48.9 Å². The predicted octanol–water partition coefficient (Wildman–Crippen LogP) is 1.60. The second kappa shape index (κ2) is 8.73. The zero-order valence-corrected chi connectivity index (χ0v) is 13.7. The molecule has 0 aromatic heterocycles. The molecule has 0 spiro atoms. The maximum Gasteiger partial charge on any atom is 0.401 e. The summed E-state index contributed by atoms with van der Waals surface area (Å²) in [6.07, 6.45) is 0.0396. The fourth-order valence-corrected chi connectivity index (χ4v) is 2.65. The van der Waals surface area contributed by atoms with E-state index in [2.05, 4.69) is 15.6 Å². The van der Waals surface area contributed by atoms with Gasteiger partial charge in [-0.25, -0.2) is 0 Å². The maximum absolute atomic E-state index is 12.4. The Bertz CT molecular complexity index is 385. The van der Waals surface area contributed by atoms with Crippen molar-refractivity contribution in [2.75, 3.05) is 46.4 Å². The smallest absolute Gasteiger partial charge is 0.381 e. The summed E-state index contributed by atoms with van der Waals surface area (Å²) in [4.78, 5) is 5.55. The van der Waals surface area contributed by atoms with Gasteiger partial charge in [0.25, 0.3) is 0 Å². The molecular weight excluding hydrogens is 309 g/mol. The van der Waals surface area contributed by atoms with E-state index in [-0.39, 0.29) is 6.04 Å². The van der Waals surface area contributed by atoms with Crippen LogP contribution in [-0.2, 0) is 4.74 Å². The van der Waals surface area contributed by atoms with Gasteiger partial charge in [0, 0.05) is 45.9 Å². The van der Waals surface area contributed by atoms with Gasteiger partial charge < -0.3 is 15.4 Å². The zero-order chi connectivity index (χ0) is 16.7. The number of likely N-dealkylation sites (tertiary alicyclic amines) is 1. The molecule has 0 radical (unpaired) electrons. The highest BCUT2D eigenvalue weighted by atomic mass is 19.4. The lowest BCUT2D eigenvalue weighted by Gasteiger charge is -2.19. The standard InChI is InChI=1S/C15H27F3N4O/c1-19-14(20-6-2-8-23-10-12-3-4-12)21-13-5-7-22(9-13)11-15(16,17)18/h12-13H,2-11H2,1H3,(H2,19,20,21). The van der Waals surface area contributed by atoms with Crippen LogP contribution in [0.5, 0.6) is 0 Å². The quantitative estimate of drug-likeness (QED) is 0.402. The van der Waals surface area contributed by atoms with Gasteiger partial charge in [-0.3, -0.25) is 9.89 Å². The van der Waals surface area contributed by atoms with Gasteiger partial charge in [-0.05, 0) is 31.6 Å². The van der Waals surface area contributed by atoms with Crippen molar-refractivity contribution in [3.05, 3.63) is 0 Å². The SMILES string of the molecule is CN=C(NCCCOCC1CC1)NC1CCN(CC(F)(F)F)C1. The molecule has 1 unspecified atom stereocenters. The van der Waals surface area contributed by atoms with Crippen LogP contribution >= 0.6 is 0 Å². The molecule has 1 aliphatic heterocycles. The average molecular weight is 336 g/mol. The van der Waals surface area contributed by atoms with Crippen molar-refractivity contribution in [1.29, 1.82) is 0 Å². The Morgan fingerprint density at radius 1 is 1.30 bits per heavy atom. The molecule has 2 rings (SSSR count). The Kier molecular flexibility index (Phi) is 6.95. The molecular formula is C15H27F3N4O. The molecule has 1 aliphatic carbocycles. The van der Waals surface area contributed by atoms with Crippen LogP contribution in [0.15, 0.2) is 4.99 Å². The Hall–Kier alpha value is -1.02. The number of alkyl halides is 3. The highest BCUT2D eigenvalue weighted by Crippen LogP contribution is 2.28. The fourth-order valence-electron chi connectivity index (χ4n) is 2.65. The molecule has 0 bridgehead atoms. The number of aliphatic imine (C=N–C) groups is 1. The number of rotatable bonds is 8. The van der Waals surface area contributed by atoms with E-state index < -0.39 is 12.7 Å². The van der Waals surface area contributed by atoms with Gasteiger partial charge in [-0.1, -0.05) is 0 Å². The van der Waals surface area contributed by atoms with Crippen molar-refractivity contribution in [2.45, 2.75) is 37.9 Å². The first kappa shape index (κ1) is 18.3. The maximum atomic E-state index is 12.4. The van der Waals surface area contributed by atoms with Gasteiger partial charge in [0.2, 0.25) is 0 Å². The molecule has 1 heterocycles. The molecule has 5 nitrogen and oxygen atoms in total. The van der Waals surface area contributed by atoms with Gasteiger partial charge in [0.15, 0.2) is 5.96 Å². The Labute approximate surface area is 135 Å². The Balaban J connectivity index is 1.55. The molecule has 0 amide bonds. The molecule has 8 heteroatoms. The summed E-state index contributed by atoms with van der Waals surface area (Å²) in [5.41, 5.74) is 0. The monoisotopic (exact) mass is 336 g/mol. The first-order valence-corrected chi connectivity index (χ1v) is 8.30. The lowest BCUT2D eigenvalue weighted by Crippen LogP contribution is -2.45. The summed E-state index contributed by atoms with van der Waals surface area (Å²) < 4.78 is 42.7. The van der Waals surface area contributed by atoms with Crippen molar-refractivity contribution in [2.24, 2.45) is 10.9 Å². The molecule has 134 valence electrons. The number of nitrogens with zero attached hydrogens (tertiary/aromatic N) is 2. The van der Waals surface area contributed by atoms with Crippen LogP contribution in [0.4, 0.5) is 13.2 Å². The van der Waals surface area contributed by atoms with Gasteiger partial charge in [-0.15, -0.1) is 0 Å². The highest BCUT2D eigenvalue weighted by molar-refractivity contribution is 5.79. The fraction of sp³-hybridized carbons (Fsp3) is 0.933. The molecule has 1 atom stereocenters. The minimum Gasteiger partial charge on any atom is -0.381 e. The van der Waals surface area contributed by atoms with Crippen LogP contribution in [0.3, 0.4) is 0 Å².